The minimum absolute atomic E-state index is 0.0836. The minimum atomic E-state index is -0.516. The Morgan fingerprint density at radius 3 is 3.05 bits per heavy atom. The van der Waals surface area contributed by atoms with E-state index in [4.69, 9.17) is 5.73 Å². The average Bonchev–Trinajstić information content (AvgIpc) is 2.80. The highest BCUT2D eigenvalue weighted by Crippen LogP contribution is 2.18. The summed E-state index contributed by atoms with van der Waals surface area (Å²) in [6, 6.07) is 4.03. The number of hydrogen-bond acceptors (Lipinski definition) is 6. The van der Waals surface area contributed by atoms with Crippen LogP contribution in [0.5, 0.6) is 0 Å². The number of nitrogens with two attached hydrogens (primary N) is 1. The van der Waals surface area contributed by atoms with Crippen molar-refractivity contribution in [2.75, 3.05) is 16.8 Å². The third-order valence-electron chi connectivity index (χ3n) is 2.41. The Hall–Kier alpha value is -2.16. The number of rotatable bonds is 5. The van der Waals surface area contributed by atoms with Gasteiger partial charge in [0, 0.05) is 24.9 Å². The lowest BCUT2D eigenvalue weighted by Crippen LogP contribution is -2.13. The second kappa shape index (κ2) is 6.33. The van der Waals surface area contributed by atoms with E-state index < -0.39 is 5.82 Å². The second-order valence-electron chi connectivity index (χ2n) is 3.97. The van der Waals surface area contributed by atoms with Crippen LogP contribution >= 0.6 is 11.8 Å². The van der Waals surface area contributed by atoms with Crippen LogP contribution in [-0.4, -0.2) is 31.9 Å². The summed E-state index contributed by atoms with van der Waals surface area (Å²) in [5.41, 5.74) is 6.01. The number of tetrazole rings is 1. The number of aryl methyl sites for hydroxylation is 1. The highest BCUT2D eigenvalue weighted by Gasteiger charge is 2.09. The Morgan fingerprint density at radius 1 is 1.55 bits per heavy atom. The van der Waals surface area contributed by atoms with Gasteiger partial charge in [-0.2, -0.15) is 0 Å². The van der Waals surface area contributed by atoms with Crippen LogP contribution in [-0.2, 0) is 11.8 Å². The molecule has 0 aliphatic rings. The number of carbonyl (C=O) groups is 1. The van der Waals surface area contributed by atoms with E-state index in [2.05, 4.69) is 20.8 Å². The fourth-order valence-electron chi connectivity index (χ4n) is 1.43. The summed E-state index contributed by atoms with van der Waals surface area (Å²) in [6.07, 6.45) is 0.214. The van der Waals surface area contributed by atoms with Crippen molar-refractivity contribution in [1.82, 2.24) is 20.2 Å². The maximum absolute atomic E-state index is 13.4. The van der Waals surface area contributed by atoms with Crippen LogP contribution in [0.3, 0.4) is 0 Å². The van der Waals surface area contributed by atoms with Gasteiger partial charge in [-0.15, -0.1) is 5.10 Å². The Kier molecular flexibility index (Phi) is 4.51. The first-order chi connectivity index (χ1) is 9.56. The summed E-state index contributed by atoms with van der Waals surface area (Å²) in [6.45, 7) is 0. The highest BCUT2D eigenvalue weighted by molar-refractivity contribution is 7.99. The number of nitrogen functional groups attached to an aromatic ring is 1. The SMILES string of the molecule is Cn1nnnc1SCCC(=O)Nc1cc(N)ccc1F. The fourth-order valence-corrected chi connectivity index (χ4v) is 2.22. The Bertz CT molecular complexity index is 617. The van der Waals surface area contributed by atoms with Gasteiger partial charge in [-0.3, -0.25) is 4.79 Å². The van der Waals surface area contributed by atoms with Gasteiger partial charge in [-0.25, -0.2) is 9.07 Å². The van der Waals surface area contributed by atoms with Crippen LogP contribution in [0, 0.1) is 5.82 Å². The van der Waals surface area contributed by atoms with Gasteiger partial charge < -0.3 is 11.1 Å². The molecule has 9 heteroatoms. The summed E-state index contributed by atoms with van der Waals surface area (Å²) in [5, 5.41) is 14.0. The lowest BCUT2D eigenvalue weighted by Gasteiger charge is -2.06. The largest absolute Gasteiger partial charge is 0.399 e. The van der Waals surface area contributed by atoms with Crippen molar-refractivity contribution in [1.29, 1.82) is 0 Å². The minimum Gasteiger partial charge on any atom is -0.399 e. The normalized spacial score (nSPS) is 10.5. The Morgan fingerprint density at radius 2 is 2.35 bits per heavy atom. The summed E-state index contributed by atoms with van der Waals surface area (Å²) < 4.78 is 14.9. The molecule has 0 aliphatic heterocycles. The third-order valence-corrected chi connectivity index (χ3v) is 3.42. The maximum atomic E-state index is 13.4. The topological polar surface area (TPSA) is 98.7 Å². The van der Waals surface area contributed by atoms with Gasteiger partial charge in [0.15, 0.2) is 0 Å². The first-order valence-corrected chi connectivity index (χ1v) is 6.75. The molecule has 2 rings (SSSR count). The molecule has 0 bridgehead atoms. The van der Waals surface area contributed by atoms with Gasteiger partial charge in [0.2, 0.25) is 11.1 Å². The molecule has 0 fully saturated rings. The van der Waals surface area contributed by atoms with Gasteiger partial charge in [-0.1, -0.05) is 11.8 Å². The van der Waals surface area contributed by atoms with E-state index in [1.165, 1.54) is 34.6 Å². The van der Waals surface area contributed by atoms with E-state index in [0.29, 0.717) is 16.6 Å². The molecule has 1 amide bonds. The predicted molar refractivity (Wildman–Crippen MR) is 73.6 cm³/mol. The van der Waals surface area contributed by atoms with E-state index in [0.717, 1.165) is 0 Å². The summed E-state index contributed by atoms with van der Waals surface area (Å²) in [4.78, 5) is 11.7. The molecule has 1 aromatic carbocycles. The van der Waals surface area contributed by atoms with Gasteiger partial charge in [0.25, 0.3) is 0 Å². The van der Waals surface area contributed by atoms with Crippen molar-refractivity contribution in [3.8, 4) is 0 Å². The standard InChI is InChI=1S/C11H13FN6OS/c1-18-11(15-16-17-18)20-5-4-10(19)14-9-6-7(13)2-3-8(9)12/h2-3,6H,4-5,13H2,1H3,(H,14,19). The zero-order valence-electron chi connectivity index (χ0n) is 10.7. The third kappa shape index (κ3) is 3.67. The molecule has 0 atom stereocenters. The molecule has 7 nitrogen and oxygen atoms in total. The number of nitrogens with one attached hydrogen (secondary N) is 1. The summed E-state index contributed by atoms with van der Waals surface area (Å²) in [7, 11) is 1.71. The first-order valence-electron chi connectivity index (χ1n) is 5.76. The van der Waals surface area contributed by atoms with E-state index in [1.807, 2.05) is 0 Å². The van der Waals surface area contributed by atoms with Crippen LogP contribution in [0.4, 0.5) is 15.8 Å². The number of carbonyl (C=O) groups excluding carboxylic acids is 1. The zero-order chi connectivity index (χ0) is 14.5. The highest BCUT2D eigenvalue weighted by atomic mass is 32.2. The molecule has 0 radical (unpaired) electrons. The zero-order valence-corrected chi connectivity index (χ0v) is 11.5. The van der Waals surface area contributed by atoms with Gasteiger partial charge in [0.05, 0.1) is 5.69 Å². The smallest absolute Gasteiger partial charge is 0.225 e. The predicted octanol–water partition coefficient (Wildman–Crippen LogP) is 1.05. The van der Waals surface area contributed by atoms with Crippen molar-refractivity contribution < 1.29 is 9.18 Å². The number of benzene rings is 1. The van der Waals surface area contributed by atoms with Crippen LogP contribution in [0.2, 0.25) is 0 Å². The number of aromatic nitrogens is 4. The molecular formula is C11H13FN6OS. The Labute approximate surface area is 118 Å². The lowest BCUT2D eigenvalue weighted by atomic mass is 10.2. The maximum Gasteiger partial charge on any atom is 0.225 e. The molecule has 3 N–H and O–H groups in total. The van der Waals surface area contributed by atoms with E-state index >= 15 is 0 Å². The van der Waals surface area contributed by atoms with Crippen LogP contribution in [0.1, 0.15) is 6.42 Å². The molecule has 20 heavy (non-hydrogen) atoms. The molecule has 2 aromatic rings. The molecule has 0 saturated heterocycles. The van der Waals surface area contributed by atoms with Crippen molar-refractivity contribution in [3.63, 3.8) is 0 Å². The molecular weight excluding hydrogens is 283 g/mol. The number of anilines is 2. The van der Waals surface area contributed by atoms with E-state index in [-0.39, 0.29) is 18.0 Å². The second-order valence-corrected chi connectivity index (χ2v) is 5.03. The Balaban J connectivity index is 1.84. The fraction of sp³-hybridized carbons (Fsp3) is 0.273. The lowest BCUT2D eigenvalue weighted by molar-refractivity contribution is -0.115. The molecule has 1 heterocycles. The van der Waals surface area contributed by atoms with Crippen molar-refractivity contribution in [2.24, 2.45) is 7.05 Å². The van der Waals surface area contributed by atoms with Crippen LogP contribution < -0.4 is 11.1 Å². The quantitative estimate of drug-likeness (QED) is 0.632. The van der Waals surface area contributed by atoms with Gasteiger partial charge >= 0.3 is 0 Å². The summed E-state index contributed by atoms with van der Waals surface area (Å²) >= 11 is 1.35. The van der Waals surface area contributed by atoms with Crippen molar-refractivity contribution in [2.45, 2.75) is 11.6 Å². The first kappa shape index (κ1) is 14.3. The number of nitrogens with zero attached hydrogens (tertiary/aromatic N) is 4. The van der Waals surface area contributed by atoms with E-state index in [9.17, 15) is 9.18 Å². The van der Waals surface area contributed by atoms with Crippen molar-refractivity contribution >= 4 is 29.0 Å². The number of hydrogen-bond donors (Lipinski definition) is 2. The molecule has 0 spiro atoms. The molecule has 106 valence electrons. The average molecular weight is 296 g/mol. The molecule has 1 aromatic heterocycles. The van der Waals surface area contributed by atoms with Gasteiger partial charge in [0.1, 0.15) is 5.82 Å². The molecule has 0 aliphatic carbocycles. The number of thioether (sulfide) groups is 1. The van der Waals surface area contributed by atoms with Crippen LogP contribution in [0.15, 0.2) is 23.4 Å². The van der Waals surface area contributed by atoms with Gasteiger partial charge in [-0.05, 0) is 28.6 Å². The molecule has 0 unspecified atom stereocenters. The monoisotopic (exact) mass is 296 g/mol. The van der Waals surface area contributed by atoms with E-state index in [1.54, 1.807) is 7.05 Å². The number of amides is 1. The summed E-state index contributed by atoms with van der Waals surface area (Å²) in [5.74, 6) is -0.320. The van der Waals surface area contributed by atoms with Crippen molar-refractivity contribution in [3.05, 3.63) is 24.0 Å². The number of halogens is 1. The van der Waals surface area contributed by atoms with Crippen LogP contribution in [0.25, 0.3) is 0 Å². The molecule has 0 saturated carbocycles.